The first-order valence-electron chi connectivity index (χ1n) is 14.4. The van der Waals surface area contributed by atoms with E-state index in [9.17, 15) is 19.2 Å². The highest BCUT2D eigenvalue weighted by Gasteiger charge is 2.34. The van der Waals surface area contributed by atoms with E-state index in [-0.39, 0.29) is 19.3 Å². The molecular formula is C30H54O13. The van der Waals surface area contributed by atoms with Crippen molar-refractivity contribution < 1.29 is 62.7 Å². The summed E-state index contributed by atoms with van der Waals surface area (Å²) in [6, 6.07) is 0. The van der Waals surface area contributed by atoms with Crippen LogP contribution >= 0.6 is 0 Å². The number of esters is 3. The molecule has 0 amide bonds. The lowest BCUT2D eigenvalue weighted by atomic mass is 10.0. The van der Waals surface area contributed by atoms with Crippen molar-refractivity contribution >= 4 is 23.9 Å². The summed E-state index contributed by atoms with van der Waals surface area (Å²) in [6.07, 6.45) is -1.71. The fourth-order valence-corrected chi connectivity index (χ4v) is 3.69. The molecule has 0 aliphatic carbocycles. The summed E-state index contributed by atoms with van der Waals surface area (Å²) < 4.78 is 15.6. The summed E-state index contributed by atoms with van der Waals surface area (Å²) >= 11 is 0. The molecule has 0 spiro atoms. The predicted octanol–water partition coefficient (Wildman–Crippen LogP) is 5.26. The van der Waals surface area contributed by atoms with Gasteiger partial charge in [0.1, 0.15) is 35.1 Å². The van der Waals surface area contributed by atoms with E-state index >= 15 is 0 Å². The van der Waals surface area contributed by atoms with Crippen molar-refractivity contribution in [2.45, 2.75) is 169 Å². The first-order valence-corrected chi connectivity index (χ1v) is 14.4. The van der Waals surface area contributed by atoms with Crippen molar-refractivity contribution in [3.63, 3.8) is 0 Å². The molecule has 0 saturated heterocycles. The van der Waals surface area contributed by atoms with Gasteiger partial charge in [-0.1, -0.05) is 0 Å². The minimum atomic E-state index is -1.37. The zero-order chi connectivity index (χ0) is 34.0. The maximum atomic E-state index is 12.3. The molecule has 13 heteroatoms. The van der Waals surface area contributed by atoms with Crippen LogP contribution in [-0.2, 0) is 62.7 Å². The largest absolute Gasteiger partial charge is 0.454 e. The molecule has 3 unspecified atom stereocenters. The van der Waals surface area contributed by atoms with Gasteiger partial charge in [0.2, 0.25) is 0 Å². The fourth-order valence-electron chi connectivity index (χ4n) is 3.69. The van der Waals surface area contributed by atoms with Crippen molar-refractivity contribution in [2.75, 3.05) is 0 Å². The smallest absolute Gasteiger partial charge is 0.449 e. The molecule has 0 aromatic heterocycles. The Morgan fingerprint density at radius 1 is 0.465 bits per heavy atom. The number of rotatable bonds is 15. The third-order valence-corrected chi connectivity index (χ3v) is 4.98. The van der Waals surface area contributed by atoms with E-state index in [1.165, 1.54) is 20.8 Å². The normalized spacial score (nSPS) is 15.2. The molecular weight excluding hydrogens is 568 g/mol. The van der Waals surface area contributed by atoms with Gasteiger partial charge >= 0.3 is 23.9 Å². The molecule has 0 aromatic carbocycles. The number of ether oxygens (including phenoxy) is 3. The van der Waals surface area contributed by atoms with Crippen LogP contribution in [0.4, 0.5) is 0 Å². The van der Waals surface area contributed by atoms with Gasteiger partial charge < -0.3 is 14.2 Å². The van der Waals surface area contributed by atoms with Crippen molar-refractivity contribution in [1.82, 2.24) is 0 Å². The second-order valence-electron chi connectivity index (χ2n) is 14.5. The Bertz CT molecular complexity index is 925. The van der Waals surface area contributed by atoms with Crippen LogP contribution in [0.5, 0.6) is 0 Å². The van der Waals surface area contributed by atoms with Crippen molar-refractivity contribution in [2.24, 2.45) is 0 Å². The minimum Gasteiger partial charge on any atom is -0.454 e. The zero-order valence-corrected chi connectivity index (χ0v) is 28.7. The average molecular weight is 623 g/mol. The molecule has 43 heavy (non-hydrogen) atoms. The van der Waals surface area contributed by atoms with Gasteiger partial charge in [0.05, 0.1) is 11.2 Å². The lowest BCUT2D eigenvalue weighted by Gasteiger charge is -2.30. The summed E-state index contributed by atoms with van der Waals surface area (Å²) in [7, 11) is 0. The first-order chi connectivity index (χ1) is 19.1. The molecule has 0 heterocycles. The molecule has 0 aliphatic rings. The molecule has 0 saturated carbocycles. The Hall–Kier alpha value is -2.32. The monoisotopic (exact) mass is 622 g/mol. The van der Waals surface area contributed by atoms with E-state index < -0.39 is 70.2 Å². The number of hydrogen-bond acceptors (Lipinski definition) is 13. The molecule has 0 fully saturated rings. The van der Waals surface area contributed by atoms with E-state index in [0.717, 1.165) is 0 Å². The molecule has 0 rings (SSSR count). The highest BCUT2D eigenvalue weighted by molar-refractivity contribution is 6.30. The Kier molecular flexibility index (Phi) is 15.3. The number of carbonyl (C=O) groups is 4. The van der Waals surface area contributed by atoms with Crippen LogP contribution in [-0.4, -0.2) is 70.2 Å². The molecule has 0 aromatic rings. The highest BCUT2D eigenvalue weighted by Crippen LogP contribution is 2.24. The van der Waals surface area contributed by atoms with Gasteiger partial charge in [-0.05, 0) is 104 Å². The molecule has 252 valence electrons. The minimum absolute atomic E-state index is 0.0395. The van der Waals surface area contributed by atoms with Gasteiger partial charge in [0, 0.05) is 19.3 Å². The Labute approximate surface area is 256 Å². The summed E-state index contributed by atoms with van der Waals surface area (Å²) in [5.41, 5.74) is -3.88. The Morgan fingerprint density at radius 3 is 1.19 bits per heavy atom. The maximum absolute atomic E-state index is 12.3. The molecule has 0 aliphatic heterocycles. The van der Waals surface area contributed by atoms with Crippen molar-refractivity contribution in [3.8, 4) is 0 Å². The molecule has 0 radical (unpaired) electrons. The topological polar surface area (TPSA) is 151 Å². The Morgan fingerprint density at radius 2 is 0.814 bits per heavy atom. The molecule has 3 atom stereocenters. The first kappa shape index (κ1) is 40.7. The summed E-state index contributed by atoms with van der Waals surface area (Å²) in [4.78, 5) is 80.2. The summed E-state index contributed by atoms with van der Waals surface area (Å²) in [5, 5.41) is 0. The van der Waals surface area contributed by atoms with E-state index in [0.29, 0.717) is 0 Å². The zero-order valence-electron chi connectivity index (χ0n) is 28.7. The SMILES string of the molecule is CC(CC(C)(C)OOC(C)(C)C)OOC(=O)C(=O)OC(C)(C)CC(C)OC(=O)C(=O)OC(C)CC(C)(C)OOC(C)(C)C. The molecule has 0 N–H and O–H groups in total. The van der Waals surface area contributed by atoms with Gasteiger partial charge in [-0.25, -0.2) is 38.7 Å². The third kappa shape index (κ3) is 20.3. The summed E-state index contributed by atoms with van der Waals surface area (Å²) in [5.74, 6) is -5.08. The molecule has 0 bridgehead atoms. The van der Waals surface area contributed by atoms with E-state index in [4.69, 9.17) is 38.6 Å². The van der Waals surface area contributed by atoms with Crippen molar-refractivity contribution in [1.29, 1.82) is 0 Å². The number of carbonyl (C=O) groups excluding carboxylic acids is 4. The third-order valence-electron chi connectivity index (χ3n) is 4.98. The van der Waals surface area contributed by atoms with Crippen LogP contribution in [0.2, 0.25) is 0 Å². The highest BCUT2D eigenvalue weighted by atomic mass is 17.2. The van der Waals surface area contributed by atoms with Gasteiger partial charge in [-0.15, -0.1) is 0 Å². The van der Waals surface area contributed by atoms with Gasteiger partial charge in [0.15, 0.2) is 0 Å². The van der Waals surface area contributed by atoms with Crippen LogP contribution < -0.4 is 0 Å². The van der Waals surface area contributed by atoms with E-state index in [2.05, 4.69) is 4.89 Å². The van der Waals surface area contributed by atoms with Crippen LogP contribution in [0, 0.1) is 0 Å². The van der Waals surface area contributed by atoms with Gasteiger partial charge in [-0.2, -0.15) is 4.89 Å². The van der Waals surface area contributed by atoms with Crippen LogP contribution in [0.25, 0.3) is 0 Å². The second kappa shape index (κ2) is 16.1. The standard InChI is InChI=1S/C30H54O13/c1-19(35-22(31)23(32)36-20(2)17-29(12,13)42-40-26(4,5)6)16-28(10,11)37-24(33)25(34)39-38-21(3)18-30(14,15)43-41-27(7,8)9/h19-21H,16-18H2,1-15H3. The molecule has 13 nitrogen and oxygen atoms in total. The van der Waals surface area contributed by atoms with Crippen molar-refractivity contribution in [3.05, 3.63) is 0 Å². The summed E-state index contributed by atoms with van der Waals surface area (Å²) in [6.45, 7) is 25.8. The number of hydrogen-bond donors (Lipinski definition) is 0. The lowest BCUT2D eigenvalue weighted by molar-refractivity contribution is -0.404. The maximum Gasteiger partial charge on any atom is 0.449 e. The van der Waals surface area contributed by atoms with E-state index in [1.54, 1.807) is 41.5 Å². The average Bonchev–Trinajstić information content (AvgIpc) is 2.77. The lowest BCUT2D eigenvalue weighted by Crippen LogP contribution is -2.38. The fraction of sp³-hybridized carbons (Fsp3) is 0.867. The Balaban J connectivity index is 4.71. The van der Waals surface area contributed by atoms with E-state index in [1.807, 2.05) is 41.5 Å². The predicted molar refractivity (Wildman–Crippen MR) is 154 cm³/mol. The van der Waals surface area contributed by atoms with Crippen LogP contribution in [0.15, 0.2) is 0 Å². The van der Waals surface area contributed by atoms with Gasteiger partial charge in [0.25, 0.3) is 0 Å². The van der Waals surface area contributed by atoms with Gasteiger partial charge in [-0.3, -0.25) is 4.89 Å². The van der Waals surface area contributed by atoms with Crippen LogP contribution in [0.1, 0.15) is 123 Å². The van der Waals surface area contributed by atoms with Crippen LogP contribution in [0.3, 0.4) is 0 Å². The second-order valence-corrected chi connectivity index (χ2v) is 14.5. The quantitative estimate of drug-likeness (QED) is 0.0769.